The Balaban J connectivity index is 2.18. The van der Waals surface area contributed by atoms with Gasteiger partial charge in [-0.15, -0.1) is 6.58 Å². The topological polar surface area (TPSA) is 29.1 Å². The number of fused-ring (bicyclic) bond motifs is 2. The number of benzene rings is 1. The van der Waals surface area contributed by atoms with Crippen molar-refractivity contribution in [3.8, 4) is 0 Å². The molecule has 3 rings (SSSR count). The number of nitrogens with one attached hydrogen (secondary N) is 1. The highest BCUT2D eigenvalue weighted by atomic mass is 16.1. The Morgan fingerprint density at radius 1 is 1.37 bits per heavy atom. The van der Waals surface area contributed by atoms with Gasteiger partial charge in [-0.2, -0.15) is 0 Å². The number of hydrogen-bond donors (Lipinski definition) is 1. The van der Waals surface area contributed by atoms with Crippen LogP contribution in [0.3, 0.4) is 0 Å². The summed E-state index contributed by atoms with van der Waals surface area (Å²) in [6.07, 6.45) is 8.71. The number of allylic oxidation sites excluding steroid dienone is 5. The van der Waals surface area contributed by atoms with Crippen LogP contribution in [0.5, 0.6) is 0 Å². The van der Waals surface area contributed by atoms with E-state index in [1.807, 2.05) is 18.2 Å². The van der Waals surface area contributed by atoms with E-state index in [0.29, 0.717) is 6.42 Å². The standard InChI is InChI=1S/C17H17NO/c1-2-7-15-13-9-4-3-8-12(13)14-10-5-6-11-16(14)18-17(15)19/h2-5,8-10,15H,1,6-7,11H2,(H,18,19). The fraction of sp³-hybridized carbons (Fsp3) is 0.235. The predicted molar refractivity (Wildman–Crippen MR) is 77.4 cm³/mol. The molecule has 2 nitrogen and oxygen atoms in total. The Morgan fingerprint density at radius 3 is 3.05 bits per heavy atom. The van der Waals surface area contributed by atoms with Crippen LogP contribution >= 0.6 is 0 Å². The van der Waals surface area contributed by atoms with Crippen molar-refractivity contribution in [1.82, 2.24) is 5.32 Å². The van der Waals surface area contributed by atoms with Gasteiger partial charge >= 0.3 is 0 Å². The van der Waals surface area contributed by atoms with Gasteiger partial charge in [0.15, 0.2) is 0 Å². The van der Waals surface area contributed by atoms with Crippen molar-refractivity contribution < 1.29 is 4.79 Å². The van der Waals surface area contributed by atoms with Gasteiger partial charge in [0.2, 0.25) is 5.91 Å². The summed E-state index contributed by atoms with van der Waals surface area (Å²) in [5, 5.41) is 3.10. The van der Waals surface area contributed by atoms with E-state index in [0.717, 1.165) is 24.1 Å². The Morgan fingerprint density at radius 2 is 2.21 bits per heavy atom. The van der Waals surface area contributed by atoms with Crippen molar-refractivity contribution >= 4 is 11.5 Å². The summed E-state index contributed by atoms with van der Waals surface area (Å²) in [5.41, 5.74) is 4.52. The largest absolute Gasteiger partial charge is 0.329 e. The molecule has 1 aromatic carbocycles. The zero-order chi connectivity index (χ0) is 13.2. The maximum atomic E-state index is 12.4. The van der Waals surface area contributed by atoms with Gasteiger partial charge in [0, 0.05) is 11.3 Å². The quantitative estimate of drug-likeness (QED) is 0.800. The minimum Gasteiger partial charge on any atom is -0.329 e. The van der Waals surface area contributed by atoms with Crippen LogP contribution < -0.4 is 5.32 Å². The van der Waals surface area contributed by atoms with Crippen LogP contribution in [0.1, 0.15) is 36.3 Å². The average molecular weight is 251 g/mol. The number of carbonyl (C=O) groups excluding carboxylic acids is 1. The first-order chi connectivity index (χ1) is 9.31. The lowest BCUT2D eigenvalue weighted by molar-refractivity contribution is -0.121. The van der Waals surface area contributed by atoms with Crippen molar-refractivity contribution in [3.05, 3.63) is 65.9 Å². The third kappa shape index (κ3) is 2.03. The van der Waals surface area contributed by atoms with Gasteiger partial charge in [0.05, 0.1) is 5.92 Å². The molecule has 0 radical (unpaired) electrons. The summed E-state index contributed by atoms with van der Waals surface area (Å²) in [6.45, 7) is 3.78. The lowest BCUT2D eigenvalue weighted by Crippen LogP contribution is -2.27. The molecule has 1 unspecified atom stereocenters. The molecular weight excluding hydrogens is 234 g/mol. The number of amides is 1. The first-order valence-corrected chi connectivity index (χ1v) is 6.72. The Bertz CT molecular complexity index is 595. The molecular formula is C17H17NO. The minimum atomic E-state index is -0.132. The maximum Gasteiger partial charge on any atom is 0.232 e. The van der Waals surface area contributed by atoms with Gasteiger partial charge in [-0.05, 0) is 30.4 Å². The van der Waals surface area contributed by atoms with E-state index in [4.69, 9.17) is 0 Å². The Kier molecular flexibility index (Phi) is 3.08. The summed E-state index contributed by atoms with van der Waals surface area (Å²) in [7, 11) is 0. The van der Waals surface area contributed by atoms with Crippen LogP contribution in [-0.4, -0.2) is 5.91 Å². The SMILES string of the molecule is C=CCC1C(=O)NC2=C(C=CCC2)c2ccccc21. The first-order valence-electron chi connectivity index (χ1n) is 6.72. The molecule has 2 aliphatic rings. The molecule has 1 heterocycles. The van der Waals surface area contributed by atoms with Crippen molar-refractivity contribution in [2.75, 3.05) is 0 Å². The highest BCUT2D eigenvalue weighted by Gasteiger charge is 2.28. The van der Waals surface area contributed by atoms with E-state index >= 15 is 0 Å². The molecule has 19 heavy (non-hydrogen) atoms. The molecule has 0 saturated heterocycles. The molecule has 1 atom stereocenters. The van der Waals surface area contributed by atoms with Gasteiger partial charge in [-0.25, -0.2) is 0 Å². The zero-order valence-corrected chi connectivity index (χ0v) is 10.9. The van der Waals surface area contributed by atoms with Crippen molar-refractivity contribution in [3.63, 3.8) is 0 Å². The molecule has 1 amide bonds. The van der Waals surface area contributed by atoms with Crippen molar-refractivity contribution in [2.45, 2.75) is 25.2 Å². The van der Waals surface area contributed by atoms with E-state index in [1.165, 1.54) is 11.1 Å². The first kappa shape index (κ1) is 12.0. The third-order valence-electron chi connectivity index (χ3n) is 3.79. The van der Waals surface area contributed by atoms with E-state index < -0.39 is 0 Å². The molecule has 0 saturated carbocycles. The maximum absolute atomic E-state index is 12.4. The number of carbonyl (C=O) groups is 1. The molecule has 1 aliphatic heterocycles. The summed E-state index contributed by atoms with van der Waals surface area (Å²) in [6, 6.07) is 8.20. The van der Waals surface area contributed by atoms with E-state index in [1.54, 1.807) is 0 Å². The monoisotopic (exact) mass is 251 g/mol. The van der Waals surface area contributed by atoms with Crippen LogP contribution in [0.4, 0.5) is 0 Å². The van der Waals surface area contributed by atoms with Crippen LogP contribution in [0.25, 0.3) is 5.57 Å². The van der Waals surface area contributed by atoms with Gasteiger partial charge in [-0.3, -0.25) is 4.79 Å². The fourth-order valence-electron chi connectivity index (χ4n) is 2.87. The van der Waals surface area contributed by atoms with Gasteiger partial charge in [0.1, 0.15) is 0 Å². The van der Waals surface area contributed by atoms with Crippen LogP contribution in [0.2, 0.25) is 0 Å². The average Bonchev–Trinajstić information content (AvgIpc) is 2.56. The van der Waals surface area contributed by atoms with Crippen LogP contribution in [-0.2, 0) is 4.79 Å². The van der Waals surface area contributed by atoms with E-state index in [-0.39, 0.29) is 11.8 Å². The summed E-state index contributed by atoms with van der Waals surface area (Å²) in [5.74, 6) is -0.0413. The molecule has 1 N–H and O–H groups in total. The molecule has 0 fully saturated rings. The molecule has 96 valence electrons. The highest BCUT2D eigenvalue weighted by Crippen LogP contribution is 2.36. The highest BCUT2D eigenvalue weighted by molar-refractivity contribution is 5.93. The van der Waals surface area contributed by atoms with Gasteiger partial charge in [0.25, 0.3) is 0 Å². The van der Waals surface area contributed by atoms with Crippen molar-refractivity contribution in [2.24, 2.45) is 0 Å². The van der Waals surface area contributed by atoms with Crippen LogP contribution in [0, 0.1) is 0 Å². The second-order valence-corrected chi connectivity index (χ2v) is 4.99. The molecule has 0 aromatic heterocycles. The summed E-state index contributed by atoms with van der Waals surface area (Å²) < 4.78 is 0. The van der Waals surface area contributed by atoms with Gasteiger partial charge < -0.3 is 5.32 Å². The molecule has 1 aliphatic carbocycles. The second-order valence-electron chi connectivity index (χ2n) is 4.99. The second kappa shape index (κ2) is 4.88. The zero-order valence-electron chi connectivity index (χ0n) is 10.9. The lowest BCUT2D eigenvalue weighted by atomic mass is 9.87. The molecule has 0 spiro atoms. The minimum absolute atomic E-state index is 0.0904. The number of hydrogen-bond acceptors (Lipinski definition) is 1. The predicted octanol–water partition coefficient (Wildman–Crippen LogP) is 3.54. The molecule has 0 bridgehead atoms. The molecule has 2 heteroatoms. The van der Waals surface area contributed by atoms with E-state index in [2.05, 4.69) is 36.2 Å². The summed E-state index contributed by atoms with van der Waals surface area (Å²) >= 11 is 0. The Hall–Kier alpha value is -2.09. The van der Waals surface area contributed by atoms with Crippen LogP contribution in [0.15, 0.2) is 54.8 Å². The summed E-state index contributed by atoms with van der Waals surface area (Å²) in [4.78, 5) is 12.4. The van der Waals surface area contributed by atoms with Gasteiger partial charge in [-0.1, -0.05) is 42.5 Å². The fourth-order valence-corrected chi connectivity index (χ4v) is 2.87. The molecule has 1 aromatic rings. The van der Waals surface area contributed by atoms with E-state index in [9.17, 15) is 4.79 Å². The lowest BCUT2D eigenvalue weighted by Gasteiger charge is -2.14. The third-order valence-corrected chi connectivity index (χ3v) is 3.79. The smallest absolute Gasteiger partial charge is 0.232 e. The Labute approximate surface area is 113 Å². The normalized spacial score (nSPS) is 21.3. The number of rotatable bonds is 2. The van der Waals surface area contributed by atoms with Crippen molar-refractivity contribution in [1.29, 1.82) is 0 Å².